The van der Waals surface area contributed by atoms with Crippen LogP contribution in [0, 0.1) is 0 Å². The number of hydrogen-bond acceptors (Lipinski definition) is 3. The van der Waals surface area contributed by atoms with E-state index >= 15 is 0 Å². The molecule has 2 aromatic rings. The highest BCUT2D eigenvalue weighted by Crippen LogP contribution is 2.30. The molecule has 24 heavy (non-hydrogen) atoms. The van der Waals surface area contributed by atoms with Crippen molar-refractivity contribution in [1.29, 1.82) is 0 Å². The number of carbonyl (C=O) groups is 1. The molecule has 4 nitrogen and oxygen atoms in total. The smallest absolute Gasteiger partial charge is 0.311 e. The van der Waals surface area contributed by atoms with E-state index in [1.807, 2.05) is 36.4 Å². The summed E-state index contributed by atoms with van der Waals surface area (Å²) in [6.07, 6.45) is 0.365. The Kier molecular flexibility index (Phi) is 5.85. The quantitative estimate of drug-likeness (QED) is 0.826. The second-order valence-electron chi connectivity index (χ2n) is 6.09. The summed E-state index contributed by atoms with van der Waals surface area (Å²) >= 11 is 0. The second-order valence-corrected chi connectivity index (χ2v) is 6.09. The molecule has 0 radical (unpaired) electrons. The van der Waals surface area contributed by atoms with Crippen LogP contribution in [0.25, 0.3) is 0 Å². The lowest BCUT2D eigenvalue weighted by atomic mass is 9.90. The fraction of sp³-hybridized carbons (Fsp3) is 0.350. The number of carboxylic acids is 1. The Bertz CT molecular complexity index is 689. The second kappa shape index (κ2) is 7.86. The molecule has 0 saturated heterocycles. The van der Waals surface area contributed by atoms with Gasteiger partial charge in [-0.25, -0.2) is 0 Å². The number of aliphatic carboxylic acids is 1. The molecule has 0 heterocycles. The van der Waals surface area contributed by atoms with Crippen molar-refractivity contribution in [3.8, 4) is 11.5 Å². The number of carboxylic acid groups (broad SMARTS) is 1. The summed E-state index contributed by atoms with van der Waals surface area (Å²) in [5.74, 6) is 0.283. The largest absolute Gasteiger partial charge is 0.497 e. The van der Waals surface area contributed by atoms with Gasteiger partial charge in [-0.05, 0) is 35.1 Å². The third kappa shape index (κ3) is 4.07. The van der Waals surface area contributed by atoms with Gasteiger partial charge < -0.3 is 14.6 Å². The van der Waals surface area contributed by atoms with Crippen molar-refractivity contribution in [2.45, 2.75) is 32.1 Å². The van der Waals surface area contributed by atoms with Crippen LogP contribution in [0.2, 0.25) is 0 Å². The summed E-state index contributed by atoms with van der Waals surface area (Å²) in [4.78, 5) is 11.8. The van der Waals surface area contributed by atoms with Crippen molar-refractivity contribution in [2.75, 3.05) is 14.2 Å². The SMILES string of the molecule is COc1ccc(CC(C(=O)O)c2ccc(C(C)C)cc2)c(OC)c1. The first-order valence-electron chi connectivity index (χ1n) is 7.99. The maximum absolute atomic E-state index is 11.8. The standard InChI is InChI=1S/C20H24O4/c1-13(2)14-5-7-15(8-6-14)18(20(21)22)11-16-9-10-17(23-3)12-19(16)24-4/h5-10,12-13,18H,11H2,1-4H3,(H,21,22). The monoisotopic (exact) mass is 328 g/mol. The molecule has 0 spiro atoms. The van der Waals surface area contributed by atoms with Crippen LogP contribution in [0.3, 0.4) is 0 Å². The lowest BCUT2D eigenvalue weighted by Gasteiger charge is -2.17. The number of benzene rings is 2. The number of rotatable bonds is 7. The van der Waals surface area contributed by atoms with Crippen LogP contribution in [0.5, 0.6) is 11.5 Å². The summed E-state index contributed by atoms with van der Waals surface area (Å²) in [5.41, 5.74) is 2.84. The molecule has 0 saturated carbocycles. The van der Waals surface area contributed by atoms with E-state index in [1.165, 1.54) is 5.56 Å². The first-order chi connectivity index (χ1) is 11.5. The van der Waals surface area contributed by atoms with Gasteiger partial charge >= 0.3 is 5.97 Å². The molecule has 2 aromatic carbocycles. The zero-order valence-electron chi connectivity index (χ0n) is 14.6. The minimum atomic E-state index is -0.842. The van der Waals surface area contributed by atoms with E-state index in [0.29, 0.717) is 23.8 Å². The average Bonchev–Trinajstić information content (AvgIpc) is 2.59. The lowest BCUT2D eigenvalue weighted by molar-refractivity contribution is -0.138. The maximum Gasteiger partial charge on any atom is 0.311 e. The molecule has 128 valence electrons. The van der Waals surface area contributed by atoms with Crippen LogP contribution in [0.4, 0.5) is 0 Å². The van der Waals surface area contributed by atoms with Crippen LogP contribution in [-0.2, 0) is 11.2 Å². The normalized spacial score (nSPS) is 12.0. The summed E-state index contributed by atoms with van der Waals surface area (Å²) in [6, 6.07) is 13.3. The molecule has 2 rings (SSSR count). The zero-order chi connectivity index (χ0) is 17.7. The van der Waals surface area contributed by atoms with Crippen LogP contribution >= 0.6 is 0 Å². The topological polar surface area (TPSA) is 55.8 Å². The molecular formula is C20H24O4. The third-order valence-corrected chi connectivity index (χ3v) is 4.22. The molecule has 1 unspecified atom stereocenters. The fourth-order valence-electron chi connectivity index (χ4n) is 2.70. The van der Waals surface area contributed by atoms with E-state index in [0.717, 1.165) is 11.1 Å². The molecule has 0 fully saturated rings. The van der Waals surface area contributed by atoms with E-state index in [9.17, 15) is 9.90 Å². The van der Waals surface area contributed by atoms with Gasteiger partial charge in [0.15, 0.2) is 0 Å². The number of hydrogen-bond donors (Lipinski definition) is 1. The summed E-state index contributed by atoms with van der Waals surface area (Å²) in [5, 5.41) is 9.67. The van der Waals surface area contributed by atoms with Gasteiger partial charge in [0.05, 0.1) is 20.1 Å². The van der Waals surface area contributed by atoms with E-state index in [2.05, 4.69) is 13.8 Å². The highest BCUT2D eigenvalue weighted by Gasteiger charge is 2.22. The Hall–Kier alpha value is -2.49. The van der Waals surface area contributed by atoms with Crippen molar-refractivity contribution in [3.05, 3.63) is 59.2 Å². The maximum atomic E-state index is 11.8. The Balaban J connectivity index is 2.30. The molecule has 4 heteroatoms. The van der Waals surface area contributed by atoms with E-state index < -0.39 is 11.9 Å². The van der Waals surface area contributed by atoms with E-state index in [1.54, 1.807) is 20.3 Å². The van der Waals surface area contributed by atoms with Crippen LogP contribution in [-0.4, -0.2) is 25.3 Å². The van der Waals surface area contributed by atoms with Crippen LogP contribution in [0.1, 0.15) is 42.4 Å². The summed E-state index contributed by atoms with van der Waals surface area (Å²) in [6.45, 7) is 4.23. The van der Waals surface area contributed by atoms with Gasteiger partial charge in [0.25, 0.3) is 0 Å². The lowest BCUT2D eigenvalue weighted by Crippen LogP contribution is -2.15. The average molecular weight is 328 g/mol. The summed E-state index contributed by atoms with van der Waals surface area (Å²) < 4.78 is 10.6. The molecule has 1 atom stereocenters. The van der Waals surface area contributed by atoms with Gasteiger partial charge in [-0.2, -0.15) is 0 Å². The minimum Gasteiger partial charge on any atom is -0.497 e. The Morgan fingerprint density at radius 3 is 2.12 bits per heavy atom. The minimum absolute atomic E-state index is 0.365. The number of methoxy groups -OCH3 is 2. The van der Waals surface area contributed by atoms with Crippen molar-refractivity contribution in [1.82, 2.24) is 0 Å². The highest BCUT2D eigenvalue weighted by atomic mass is 16.5. The van der Waals surface area contributed by atoms with Crippen LogP contribution in [0.15, 0.2) is 42.5 Å². The van der Waals surface area contributed by atoms with Crippen LogP contribution < -0.4 is 9.47 Å². The predicted molar refractivity (Wildman–Crippen MR) is 94.2 cm³/mol. The van der Waals surface area contributed by atoms with Gasteiger partial charge in [0.2, 0.25) is 0 Å². The molecule has 1 N–H and O–H groups in total. The van der Waals surface area contributed by atoms with Gasteiger partial charge in [-0.1, -0.05) is 44.2 Å². The third-order valence-electron chi connectivity index (χ3n) is 4.22. The molecular weight excluding hydrogens is 304 g/mol. The Morgan fingerprint density at radius 1 is 1.00 bits per heavy atom. The molecule has 0 aromatic heterocycles. The molecule has 0 aliphatic rings. The van der Waals surface area contributed by atoms with Gasteiger partial charge in [-0.3, -0.25) is 4.79 Å². The zero-order valence-corrected chi connectivity index (χ0v) is 14.6. The first-order valence-corrected chi connectivity index (χ1v) is 7.99. The van der Waals surface area contributed by atoms with E-state index in [4.69, 9.17) is 9.47 Å². The fourth-order valence-corrected chi connectivity index (χ4v) is 2.70. The molecule has 0 amide bonds. The first kappa shape index (κ1) is 17.9. The van der Waals surface area contributed by atoms with Crippen molar-refractivity contribution in [2.24, 2.45) is 0 Å². The van der Waals surface area contributed by atoms with Crippen molar-refractivity contribution in [3.63, 3.8) is 0 Å². The van der Waals surface area contributed by atoms with Gasteiger partial charge in [-0.15, -0.1) is 0 Å². The molecule has 0 aliphatic heterocycles. The Morgan fingerprint density at radius 2 is 1.62 bits per heavy atom. The summed E-state index contributed by atoms with van der Waals surface area (Å²) in [7, 11) is 3.16. The van der Waals surface area contributed by atoms with E-state index in [-0.39, 0.29) is 0 Å². The predicted octanol–water partition coefficient (Wildman–Crippen LogP) is 4.24. The molecule has 0 bridgehead atoms. The Labute approximate surface area is 143 Å². The number of ether oxygens (including phenoxy) is 2. The van der Waals surface area contributed by atoms with Gasteiger partial charge in [0.1, 0.15) is 11.5 Å². The molecule has 0 aliphatic carbocycles. The van der Waals surface area contributed by atoms with Gasteiger partial charge in [0, 0.05) is 6.07 Å². The van der Waals surface area contributed by atoms with Crippen molar-refractivity contribution < 1.29 is 19.4 Å². The van der Waals surface area contributed by atoms with Crippen molar-refractivity contribution >= 4 is 5.97 Å². The highest BCUT2D eigenvalue weighted by molar-refractivity contribution is 5.76.